The Morgan fingerprint density at radius 2 is 2.05 bits per heavy atom. The maximum atomic E-state index is 12.1. The van der Waals surface area contributed by atoms with Crippen LogP contribution in [-0.4, -0.2) is 33.1 Å². The summed E-state index contributed by atoms with van der Waals surface area (Å²) in [5.41, 5.74) is 0.558. The number of carbonyl (C=O) groups excluding carboxylic acids is 1. The molecule has 1 aliphatic rings. The van der Waals surface area contributed by atoms with Gasteiger partial charge in [-0.15, -0.1) is 0 Å². The fraction of sp³-hybridized carbons (Fsp3) is 0.533. The summed E-state index contributed by atoms with van der Waals surface area (Å²) in [5.74, 6) is -0.189. The number of hydrogen-bond acceptors (Lipinski definition) is 4. The lowest BCUT2D eigenvalue weighted by Gasteiger charge is -2.13. The zero-order valence-corrected chi connectivity index (χ0v) is 13.7. The predicted octanol–water partition coefficient (Wildman–Crippen LogP) is 1.88. The van der Waals surface area contributed by atoms with Crippen LogP contribution in [0.15, 0.2) is 29.2 Å². The van der Waals surface area contributed by atoms with Gasteiger partial charge in [0.05, 0.1) is 4.90 Å². The van der Waals surface area contributed by atoms with E-state index in [0.29, 0.717) is 12.3 Å². The van der Waals surface area contributed by atoms with Crippen LogP contribution >= 0.6 is 0 Å². The van der Waals surface area contributed by atoms with E-state index >= 15 is 0 Å². The zero-order valence-electron chi connectivity index (χ0n) is 12.8. The molecule has 122 valence electrons. The Morgan fingerprint density at radius 3 is 2.59 bits per heavy atom. The third-order valence-electron chi connectivity index (χ3n) is 3.62. The molecule has 2 N–H and O–H groups in total. The Morgan fingerprint density at radius 1 is 1.36 bits per heavy atom. The number of hydrogen-bond donors (Lipinski definition) is 2. The predicted molar refractivity (Wildman–Crippen MR) is 84.1 cm³/mol. The van der Waals surface area contributed by atoms with Crippen molar-refractivity contribution >= 4 is 21.6 Å². The fourth-order valence-corrected chi connectivity index (χ4v) is 3.47. The third-order valence-corrected chi connectivity index (χ3v) is 5.23. The van der Waals surface area contributed by atoms with Crippen LogP contribution in [0.1, 0.15) is 33.1 Å². The summed E-state index contributed by atoms with van der Waals surface area (Å²) in [6.45, 7) is 4.33. The van der Waals surface area contributed by atoms with E-state index < -0.39 is 16.1 Å². The average molecular weight is 326 g/mol. The molecule has 1 fully saturated rings. The molecule has 1 aromatic carbocycles. The number of carbonyl (C=O) groups is 1. The van der Waals surface area contributed by atoms with Gasteiger partial charge in [-0.05, 0) is 50.5 Å². The van der Waals surface area contributed by atoms with Crippen LogP contribution in [-0.2, 0) is 19.6 Å². The van der Waals surface area contributed by atoms with Crippen molar-refractivity contribution in [2.24, 2.45) is 0 Å². The second-order valence-electron chi connectivity index (χ2n) is 5.45. The lowest BCUT2D eigenvalue weighted by Crippen LogP contribution is -2.32. The maximum Gasteiger partial charge on any atom is 0.253 e. The first-order chi connectivity index (χ1) is 10.4. The molecule has 0 unspecified atom stereocenters. The van der Waals surface area contributed by atoms with Crippen molar-refractivity contribution < 1.29 is 17.9 Å². The molecule has 0 bridgehead atoms. The highest BCUT2D eigenvalue weighted by atomic mass is 32.2. The van der Waals surface area contributed by atoms with Gasteiger partial charge in [0.2, 0.25) is 10.0 Å². The maximum absolute atomic E-state index is 12.1. The van der Waals surface area contributed by atoms with Crippen molar-refractivity contribution in [1.29, 1.82) is 0 Å². The Labute approximate surface area is 131 Å². The van der Waals surface area contributed by atoms with E-state index in [1.165, 1.54) is 12.1 Å². The summed E-state index contributed by atoms with van der Waals surface area (Å²) in [7, 11) is -3.52. The first-order valence-corrected chi connectivity index (χ1v) is 8.95. The highest BCUT2D eigenvalue weighted by molar-refractivity contribution is 7.89. The molecule has 0 spiro atoms. The molecule has 7 heteroatoms. The second kappa shape index (κ2) is 7.21. The number of anilines is 1. The molecule has 2 rings (SSSR count). The molecule has 1 amide bonds. The van der Waals surface area contributed by atoms with Crippen molar-refractivity contribution in [3.8, 4) is 0 Å². The normalized spacial score (nSPS) is 19.8. The van der Waals surface area contributed by atoms with Crippen LogP contribution in [0.3, 0.4) is 0 Å². The first-order valence-electron chi connectivity index (χ1n) is 7.47. The van der Waals surface area contributed by atoms with Gasteiger partial charge in [-0.2, -0.15) is 0 Å². The number of sulfonamides is 1. The minimum absolute atomic E-state index is 0.121. The SMILES string of the molecule is CC[C@H](C)NS(=O)(=O)c1ccc(NC(=O)[C@H]2CCCO2)cc1. The monoisotopic (exact) mass is 326 g/mol. The van der Waals surface area contributed by atoms with E-state index in [-0.39, 0.29) is 16.8 Å². The van der Waals surface area contributed by atoms with Gasteiger partial charge < -0.3 is 10.1 Å². The lowest BCUT2D eigenvalue weighted by atomic mass is 10.2. The van der Waals surface area contributed by atoms with Crippen molar-refractivity contribution in [3.05, 3.63) is 24.3 Å². The summed E-state index contributed by atoms with van der Waals surface area (Å²) in [4.78, 5) is 12.1. The van der Waals surface area contributed by atoms with E-state index in [4.69, 9.17) is 4.74 Å². The second-order valence-corrected chi connectivity index (χ2v) is 7.16. The molecule has 6 nitrogen and oxygen atoms in total. The van der Waals surface area contributed by atoms with Gasteiger partial charge in [0.1, 0.15) is 6.10 Å². The van der Waals surface area contributed by atoms with Crippen molar-refractivity contribution in [2.45, 2.75) is 50.2 Å². The lowest BCUT2D eigenvalue weighted by molar-refractivity contribution is -0.124. The molecular weight excluding hydrogens is 304 g/mol. The molecule has 0 aromatic heterocycles. The van der Waals surface area contributed by atoms with E-state index in [2.05, 4.69) is 10.0 Å². The van der Waals surface area contributed by atoms with Gasteiger partial charge in [-0.1, -0.05) is 6.92 Å². The fourth-order valence-electron chi connectivity index (χ4n) is 2.14. The Kier molecular flexibility index (Phi) is 5.55. The van der Waals surface area contributed by atoms with E-state index in [1.807, 2.05) is 13.8 Å². The smallest absolute Gasteiger partial charge is 0.253 e. The molecule has 0 saturated carbocycles. The highest BCUT2D eigenvalue weighted by Gasteiger charge is 2.23. The summed E-state index contributed by atoms with van der Waals surface area (Å²) in [6, 6.07) is 6.01. The molecule has 1 aliphatic heterocycles. The minimum Gasteiger partial charge on any atom is -0.368 e. The topological polar surface area (TPSA) is 84.5 Å². The largest absolute Gasteiger partial charge is 0.368 e. The summed E-state index contributed by atoms with van der Waals surface area (Å²) < 4.78 is 32.1. The van der Waals surface area contributed by atoms with Crippen molar-refractivity contribution in [2.75, 3.05) is 11.9 Å². The molecule has 2 atom stereocenters. The number of ether oxygens (including phenoxy) is 1. The van der Waals surface area contributed by atoms with Crippen molar-refractivity contribution in [1.82, 2.24) is 4.72 Å². The van der Waals surface area contributed by atoms with Crippen molar-refractivity contribution in [3.63, 3.8) is 0 Å². The molecule has 0 radical (unpaired) electrons. The number of rotatable bonds is 6. The molecule has 1 saturated heterocycles. The first kappa shape index (κ1) is 16.9. The van der Waals surface area contributed by atoms with Crippen LogP contribution in [0, 0.1) is 0 Å². The molecule has 22 heavy (non-hydrogen) atoms. The standard InChI is InChI=1S/C15H22N2O4S/c1-3-11(2)17-22(19,20)13-8-6-12(7-9-13)16-15(18)14-5-4-10-21-14/h6-9,11,14,17H,3-5,10H2,1-2H3,(H,16,18)/t11-,14+/m0/s1. The Hall–Kier alpha value is -1.44. The zero-order chi connectivity index (χ0) is 16.2. The summed E-state index contributed by atoms with van der Waals surface area (Å²) in [6.07, 6.45) is 1.91. The van der Waals surface area contributed by atoms with E-state index in [1.54, 1.807) is 12.1 Å². The number of benzene rings is 1. The van der Waals surface area contributed by atoms with Crippen LogP contribution in [0.4, 0.5) is 5.69 Å². The average Bonchev–Trinajstić information content (AvgIpc) is 3.01. The third kappa shape index (κ3) is 4.28. The van der Waals surface area contributed by atoms with E-state index in [9.17, 15) is 13.2 Å². The Bertz CT molecular complexity index is 607. The van der Waals surface area contributed by atoms with Crippen LogP contribution < -0.4 is 10.0 Å². The van der Waals surface area contributed by atoms with E-state index in [0.717, 1.165) is 19.3 Å². The number of amides is 1. The Balaban J connectivity index is 2.02. The molecule has 0 aliphatic carbocycles. The molecule has 1 aromatic rings. The summed E-state index contributed by atoms with van der Waals surface area (Å²) in [5, 5.41) is 2.74. The van der Waals surface area contributed by atoms with Gasteiger partial charge in [0, 0.05) is 18.3 Å². The number of nitrogens with one attached hydrogen (secondary N) is 2. The van der Waals surface area contributed by atoms with Gasteiger partial charge in [0.25, 0.3) is 5.91 Å². The van der Waals surface area contributed by atoms with Crippen LogP contribution in [0.25, 0.3) is 0 Å². The van der Waals surface area contributed by atoms with Gasteiger partial charge in [-0.25, -0.2) is 13.1 Å². The molecular formula is C15H22N2O4S. The van der Waals surface area contributed by atoms with Gasteiger partial charge in [-0.3, -0.25) is 4.79 Å². The molecule has 1 heterocycles. The highest BCUT2D eigenvalue weighted by Crippen LogP contribution is 2.17. The quantitative estimate of drug-likeness (QED) is 0.836. The van der Waals surface area contributed by atoms with Crippen LogP contribution in [0.5, 0.6) is 0 Å². The minimum atomic E-state index is -3.52. The summed E-state index contributed by atoms with van der Waals surface area (Å²) >= 11 is 0. The van der Waals surface area contributed by atoms with Gasteiger partial charge >= 0.3 is 0 Å². The van der Waals surface area contributed by atoms with Crippen LogP contribution in [0.2, 0.25) is 0 Å². The van der Waals surface area contributed by atoms with Gasteiger partial charge in [0.15, 0.2) is 0 Å².